The van der Waals surface area contributed by atoms with Crippen LogP contribution in [-0.2, 0) is 45.4 Å². The van der Waals surface area contributed by atoms with Crippen molar-refractivity contribution < 1.29 is 38.1 Å². The average Bonchev–Trinajstić information content (AvgIpc) is 3.94. The Bertz CT molecular complexity index is 2200. The molecule has 4 aromatic rings. The molecule has 0 bridgehead atoms. The predicted molar refractivity (Wildman–Crippen MR) is 229 cm³/mol. The summed E-state index contributed by atoms with van der Waals surface area (Å²) in [4.78, 5) is 73.4. The maximum absolute atomic E-state index is 14.0. The summed E-state index contributed by atoms with van der Waals surface area (Å²) in [6.07, 6.45) is 3.75. The van der Waals surface area contributed by atoms with E-state index in [2.05, 4.69) is 37.4 Å². The summed E-state index contributed by atoms with van der Waals surface area (Å²) in [5.41, 5.74) is 7.24. The topological polar surface area (TPSA) is 184 Å². The summed E-state index contributed by atoms with van der Waals surface area (Å²) < 4.78 is 22.6. The number of hydrogen-bond acceptors (Lipinski definition) is 10. The molecule has 16 nitrogen and oxygen atoms in total. The Kier molecular flexibility index (Phi) is 13.6. The number of benzene rings is 2. The van der Waals surface area contributed by atoms with Gasteiger partial charge in [-0.25, -0.2) is 19.6 Å². The zero-order chi connectivity index (χ0) is 44.3. The van der Waals surface area contributed by atoms with E-state index in [1.54, 1.807) is 29.2 Å². The van der Waals surface area contributed by atoms with Crippen LogP contribution < -0.4 is 14.8 Å². The van der Waals surface area contributed by atoms with Gasteiger partial charge in [0.15, 0.2) is 0 Å². The van der Waals surface area contributed by atoms with E-state index in [-0.39, 0.29) is 48.8 Å². The molecule has 61 heavy (non-hydrogen) atoms. The van der Waals surface area contributed by atoms with Gasteiger partial charge in [-0.05, 0) is 62.8 Å². The lowest BCUT2D eigenvalue weighted by molar-refractivity contribution is -0.140. The Hall–Kier alpha value is -6.06. The van der Waals surface area contributed by atoms with Crippen LogP contribution >= 0.6 is 0 Å². The molecule has 2 aliphatic heterocycles. The van der Waals surface area contributed by atoms with Gasteiger partial charge in [0.2, 0.25) is 11.8 Å². The molecule has 2 aromatic heterocycles. The van der Waals surface area contributed by atoms with Crippen molar-refractivity contribution in [2.24, 2.45) is 11.8 Å². The molecule has 4 atom stereocenters. The van der Waals surface area contributed by atoms with E-state index in [9.17, 15) is 19.2 Å². The predicted octanol–water partition coefficient (Wildman–Crippen LogP) is 7.28. The summed E-state index contributed by atoms with van der Waals surface area (Å²) >= 11 is 0. The van der Waals surface area contributed by atoms with Gasteiger partial charge < -0.3 is 44.0 Å². The highest BCUT2D eigenvalue weighted by molar-refractivity contribution is 5.89. The van der Waals surface area contributed by atoms with E-state index in [4.69, 9.17) is 18.9 Å². The number of amides is 4. The second-order valence-corrected chi connectivity index (χ2v) is 16.7. The Morgan fingerprint density at radius 2 is 1.20 bits per heavy atom. The highest BCUT2D eigenvalue weighted by Gasteiger charge is 2.36. The van der Waals surface area contributed by atoms with E-state index >= 15 is 0 Å². The van der Waals surface area contributed by atoms with E-state index in [0.29, 0.717) is 24.9 Å². The van der Waals surface area contributed by atoms with E-state index in [1.807, 2.05) is 67.5 Å². The molecule has 0 aliphatic carbocycles. The fourth-order valence-corrected chi connectivity index (χ4v) is 8.04. The summed E-state index contributed by atoms with van der Waals surface area (Å²) in [6, 6.07) is 6.52. The number of carbonyl (C=O) groups is 4. The normalized spacial score (nSPS) is 14.5. The molecule has 2 aliphatic rings. The lowest BCUT2D eigenvalue weighted by Gasteiger charge is -2.36. The molecule has 6 rings (SSSR count). The van der Waals surface area contributed by atoms with Crippen LogP contribution in [0.15, 0.2) is 36.7 Å². The number of rotatable bonds is 16. The second kappa shape index (κ2) is 18.7. The van der Waals surface area contributed by atoms with E-state index in [0.717, 1.165) is 69.1 Å². The minimum atomic E-state index is -0.753. The van der Waals surface area contributed by atoms with Crippen molar-refractivity contribution in [1.29, 1.82) is 0 Å². The first-order valence-corrected chi connectivity index (χ1v) is 21.0. The number of carbonyl (C=O) groups excluding carboxylic acids is 4. The minimum Gasteiger partial charge on any atom is -0.488 e. The third-order valence-corrected chi connectivity index (χ3v) is 11.9. The van der Waals surface area contributed by atoms with Crippen molar-refractivity contribution in [3.63, 3.8) is 0 Å². The summed E-state index contributed by atoms with van der Waals surface area (Å²) in [6.45, 7) is 16.7. The van der Waals surface area contributed by atoms with Crippen LogP contribution in [0.1, 0.15) is 91.0 Å². The molecule has 4 heterocycles. The molecule has 16 heteroatoms. The van der Waals surface area contributed by atoms with Crippen molar-refractivity contribution >= 4 is 24.0 Å². The van der Waals surface area contributed by atoms with Gasteiger partial charge in [0, 0.05) is 52.5 Å². The molecule has 0 radical (unpaired) electrons. The Labute approximate surface area is 357 Å². The molecule has 328 valence electrons. The van der Waals surface area contributed by atoms with Gasteiger partial charge >= 0.3 is 12.2 Å². The number of alkyl carbamates (subject to hydrolysis) is 1. The molecule has 0 spiro atoms. The molecule has 0 saturated heterocycles. The highest BCUT2D eigenvalue weighted by atomic mass is 16.5. The Morgan fingerprint density at radius 3 is 1.61 bits per heavy atom. The van der Waals surface area contributed by atoms with Crippen LogP contribution in [0.25, 0.3) is 33.6 Å². The fourth-order valence-electron chi connectivity index (χ4n) is 8.04. The quantitative estimate of drug-likeness (QED) is 0.104. The lowest BCUT2D eigenvalue weighted by atomic mass is 9.87. The largest absolute Gasteiger partial charge is 0.488 e. The van der Waals surface area contributed by atoms with Gasteiger partial charge in [-0.15, -0.1) is 0 Å². The lowest BCUT2D eigenvalue weighted by Crippen LogP contribution is -2.53. The monoisotopic (exact) mass is 840 g/mol. The van der Waals surface area contributed by atoms with Crippen LogP contribution in [0.3, 0.4) is 0 Å². The van der Waals surface area contributed by atoms with Crippen molar-refractivity contribution in [3.05, 3.63) is 59.4 Å². The van der Waals surface area contributed by atoms with Gasteiger partial charge in [0.1, 0.15) is 48.4 Å². The van der Waals surface area contributed by atoms with Gasteiger partial charge in [0.05, 0.1) is 51.1 Å². The zero-order valence-electron chi connectivity index (χ0n) is 37.2. The number of aromatic amines is 2. The first-order valence-electron chi connectivity index (χ1n) is 21.0. The third kappa shape index (κ3) is 9.17. The zero-order valence-corrected chi connectivity index (χ0v) is 37.2. The SMILES string of the molecule is CCC(C)N(Cc1ncc(-c2cc3c4c(c2)OCc2cc(-c5cnc(CN(C(=O)C(C(C)C)N(C)C(=O)OC)C(C)CC)[nH]5)cc(c2-4)OC3)[nH]1)C(=O)C(NC(=O)OC)C(C)C. The Balaban J connectivity index is 1.23. The van der Waals surface area contributed by atoms with Gasteiger partial charge in [-0.1, -0.05) is 41.5 Å². The van der Waals surface area contributed by atoms with E-state index in [1.165, 1.54) is 19.1 Å². The average molecular weight is 841 g/mol. The maximum Gasteiger partial charge on any atom is 0.409 e. The summed E-state index contributed by atoms with van der Waals surface area (Å²) in [7, 11) is 4.18. The maximum atomic E-state index is 14.0. The van der Waals surface area contributed by atoms with E-state index < -0.39 is 24.3 Å². The number of H-pyrrole nitrogens is 2. The number of imidazole rings is 2. The minimum absolute atomic E-state index is 0.103. The first-order chi connectivity index (χ1) is 29.1. The molecule has 4 unspecified atom stereocenters. The molecule has 3 N–H and O–H groups in total. The number of hydrogen-bond donors (Lipinski definition) is 3. The standard InChI is InChI=1S/C45H60N8O8/c1-12-26(7)52(42(54)40(24(3)4)50-44(56)58-10)20-36-46-18-32(48-36)28-14-30-22-61-35-17-29(15-31-23-60-34(16-28)38(30)39(31)35)33-19-47-37(49-33)21-53(27(8)13-2)43(55)41(25(5)6)51(9)45(57)59-11/h14-19,24-27,40-41H,12-13,20-23H2,1-11H3,(H,46,48)(H,47,49)(H,50,56). The van der Waals surface area contributed by atoms with Crippen LogP contribution in [0.2, 0.25) is 0 Å². The number of aromatic nitrogens is 4. The molecule has 2 aromatic carbocycles. The highest BCUT2D eigenvalue weighted by Crippen LogP contribution is 2.50. The van der Waals surface area contributed by atoms with Crippen LogP contribution in [0.4, 0.5) is 9.59 Å². The van der Waals surface area contributed by atoms with Gasteiger partial charge in [-0.2, -0.15) is 0 Å². The van der Waals surface area contributed by atoms with Crippen LogP contribution in [-0.4, -0.2) is 104 Å². The number of ether oxygens (including phenoxy) is 4. The van der Waals surface area contributed by atoms with Gasteiger partial charge in [0.25, 0.3) is 0 Å². The molecular formula is C45H60N8O8. The summed E-state index contributed by atoms with van der Waals surface area (Å²) in [5.74, 6) is 2.05. The van der Waals surface area contributed by atoms with Crippen molar-refractivity contribution in [2.75, 3.05) is 21.3 Å². The molecule has 0 saturated carbocycles. The number of nitrogens with zero attached hydrogens (tertiary/aromatic N) is 5. The number of nitrogens with one attached hydrogen (secondary N) is 3. The van der Waals surface area contributed by atoms with Crippen LogP contribution in [0, 0.1) is 11.8 Å². The first kappa shape index (κ1) is 44.5. The summed E-state index contributed by atoms with van der Waals surface area (Å²) in [5, 5.41) is 2.70. The molecule has 0 fully saturated rings. The van der Waals surface area contributed by atoms with Crippen molar-refractivity contribution in [1.82, 2.24) is 40.0 Å². The van der Waals surface area contributed by atoms with Crippen LogP contribution in [0.5, 0.6) is 11.5 Å². The third-order valence-electron chi connectivity index (χ3n) is 11.9. The van der Waals surface area contributed by atoms with Crippen molar-refractivity contribution in [3.8, 4) is 45.1 Å². The van der Waals surface area contributed by atoms with Crippen molar-refractivity contribution in [2.45, 2.75) is 119 Å². The Morgan fingerprint density at radius 1 is 0.721 bits per heavy atom. The smallest absolute Gasteiger partial charge is 0.409 e. The number of methoxy groups -OCH3 is 2. The second-order valence-electron chi connectivity index (χ2n) is 16.7. The van der Waals surface area contributed by atoms with Gasteiger partial charge in [-0.3, -0.25) is 14.5 Å². The number of likely N-dealkylation sites (N-methyl/N-ethyl adjacent to an activating group) is 1. The molecular weight excluding hydrogens is 781 g/mol. The molecule has 4 amide bonds. The fraction of sp³-hybridized carbons (Fsp3) is 0.511.